The van der Waals surface area contributed by atoms with E-state index in [1.54, 1.807) is 7.11 Å². The smallest absolute Gasteiger partial charge is 0.410 e. The molecule has 0 aromatic carbocycles. The van der Waals surface area contributed by atoms with Crippen molar-refractivity contribution in [3.8, 4) is 0 Å². The Balaban J connectivity index is 1.57. The minimum atomic E-state index is -0.416. The lowest BCUT2D eigenvalue weighted by molar-refractivity contribution is 0.00350. The molecule has 5 nitrogen and oxygen atoms in total. The molecule has 0 radical (unpaired) electrons. The first-order valence-electron chi connectivity index (χ1n) is 9.13. The molecule has 1 aliphatic carbocycles. The maximum absolute atomic E-state index is 12.5. The Kier molecular flexibility index (Phi) is 4.88. The number of hydrogen-bond donors (Lipinski definition) is 1. The van der Waals surface area contributed by atoms with Crippen molar-refractivity contribution < 1.29 is 14.3 Å². The molecule has 0 spiro atoms. The zero-order chi connectivity index (χ0) is 16.6. The van der Waals surface area contributed by atoms with Gasteiger partial charge in [-0.15, -0.1) is 0 Å². The first-order valence-corrected chi connectivity index (χ1v) is 9.13. The Labute approximate surface area is 140 Å². The number of fused-ring (bicyclic) bond motifs is 2. The minimum absolute atomic E-state index is 0.126. The van der Waals surface area contributed by atoms with Crippen LogP contribution in [0.3, 0.4) is 0 Å². The van der Waals surface area contributed by atoms with E-state index in [4.69, 9.17) is 9.47 Å². The maximum atomic E-state index is 12.5. The quantitative estimate of drug-likeness (QED) is 0.845. The highest BCUT2D eigenvalue weighted by molar-refractivity contribution is 5.69. The van der Waals surface area contributed by atoms with Crippen LogP contribution in [0.25, 0.3) is 0 Å². The van der Waals surface area contributed by atoms with Gasteiger partial charge in [0.05, 0.1) is 6.61 Å². The van der Waals surface area contributed by atoms with Crippen LogP contribution in [0.5, 0.6) is 0 Å². The fourth-order valence-corrected chi connectivity index (χ4v) is 4.23. The summed E-state index contributed by atoms with van der Waals surface area (Å²) in [5.41, 5.74) is -0.416. The molecular formula is C18H32N2O3. The molecule has 1 amide bonds. The molecule has 5 heteroatoms. The fourth-order valence-electron chi connectivity index (χ4n) is 4.23. The third-order valence-corrected chi connectivity index (χ3v) is 5.32. The third kappa shape index (κ3) is 4.18. The van der Waals surface area contributed by atoms with Crippen molar-refractivity contribution in [1.29, 1.82) is 0 Å². The van der Waals surface area contributed by atoms with Crippen molar-refractivity contribution in [2.75, 3.05) is 13.7 Å². The van der Waals surface area contributed by atoms with Crippen LogP contribution in [-0.2, 0) is 9.47 Å². The van der Waals surface area contributed by atoms with Gasteiger partial charge in [0.2, 0.25) is 0 Å². The number of amides is 1. The molecule has 2 aliphatic heterocycles. The molecular weight excluding hydrogens is 292 g/mol. The van der Waals surface area contributed by atoms with E-state index in [9.17, 15) is 4.79 Å². The number of piperidine rings is 1. The average Bonchev–Trinajstić information content (AvgIpc) is 3.23. The molecule has 3 atom stereocenters. The van der Waals surface area contributed by atoms with Gasteiger partial charge in [-0.3, -0.25) is 0 Å². The van der Waals surface area contributed by atoms with Gasteiger partial charge in [-0.25, -0.2) is 4.79 Å². The Morgan fingerprint density at radius 1 is 1.17 bits per heavy atom. The predicted octanol–water partition coefficient (Wildman–Crippen LogP) is 2.93. The van der Waals surface area contributed by atoms with Crippen molar-refractivity contribution >= 4 is 6.09 Å². The van der Waals surface area contributed by atoms with Crippen LogP contribution in [0.4, 0.5) is 4.79 Å². The largest absolute Gasteiger partial charge is 0.444 e. The van der Waals surface area contributed by atoms with E-state index in [-0.39, 0.29) is 6.09 Å². The molecule has 2 bridgehead atoms. The lowest BCUT2D eigenvalue weighted by atomic mass is 9.96. The summed E-state index contributed by atoms with van der Waals surface area (Å²) in [4.78, 5) is 14.5. The minimum Gasteiger partial charge on any atom is -0.444 e. The van der Waals surface area contributed by atoms with Gasteiger partial charge in [0, 0.05) is 31.3 Å². The Hall–Kier alpha value is -0.810. The van der Waals surface area contributed by atoms with Gasteiger partial charge in [0.15, 0.2) is 0 Å². The van der Waals surface area contributed by atoms with Crippen molar-refractivity contribution in [3.63, 3.8) is 0 Å². The van der Waals surface area contributed by atoms with Crippen LogP contribution in [0.1, 0.15) is 59.3 Å². The first-order chi connectivity index (χ1) is 10.9. The van der Waals surface area contributed by atoms with Gasteiger partial charge < -0.3 is 19.7 Å². The summed E-state index contributed by atoms with van der Waals surface area (Å²) in [6.07, 6.45) is 6.83. The van der Waals surface area contributed by atoms with Crippen LogP contribution in [0.2, 0.25) is 0 Å². The Bertz CT molecular complexity index is 416. The second-order valence-electron chi connectivity index (χ2n) is 8.51. The standard InChI is InChI=1S/C18H32N2O3/c1-18(2,3)23-17(21)20-14-7-8-15(20)10-13(9-14)19-16(11-22-4)12-5-6-12/h12-16,19H,5-11H2,1-4H3. The van der Waals surface area contributed by atoms with Crippen LogP contribution in [0.15, 0.2) is 0 Å². The molecule has 0 aromatic heterocycles. The summed E-state index contributed by atoms with van der Waals surface area (Å²) in [7, 11) is 1.78. The number of carbonyl (C=O) groups is 1. The molecule has 3 unspecified atom stereocenters. The van der Waals surface area contributed by atoms with Crippen LogP contribution < -0.4 is 5.32 Å². The molecule has 3 rings (SSSR count). The van der Waals surface area contributed by atoms with Crippen molar-refractivity contribution in [2.45, 2.75) is 89.1 Å². The number of nitrogens with zero attached hydrogens (tertiary/aromatic N) is 1. The van der Waals surface area contributed by atoms with E-state index in [2.05, 4.69) is 5.32 Å². The highest BCUT2D eigenvalue weighted by Gasteiger charge is 2.45. The van der Waals surface area contributed by atoms with E-state index in [0.717, 1.165) is 38.2 Å². The Morgan fingerprint density at radius 2 is 1.78 bits per heavy atom. The van der Waals surface area contributed by atoms with E-state index in [1.807, 2.05) is 25.7 Å². The number of hydrogen-bond acceptors (Lipinski definition) is 4. The lowest BCUT2D eigenvalue weighted by Gasteiger charge is -2.40. The van der Waals surface area contributed by atoms with Gasteiger partial charge in [0.1, 0.15) is 5.60 Å². The molecule has 3 aliphatic rings. The second-order valence-corrected chi connectivity index (χ2v) is 8.51. The predicted molar refractivity (Wildman–Crippen MR) is 89.4 cm³/mol. The second kappa shape index (κ2) is 6.60. The molecule has 2 heterocycles. The number of carbonyl (C=O) groups excluding carboxylic acids is 1. The highest BCUT2D eigenvalue weighted by Crippen LogP contribution is 2.38. The third-order valence-electron chi connectivity index (χ3n) is 5.32. The van der Waals surface area contributed by atoms with Gasteiger partial charge in [-0.2, -0.15) is 0 Å². The zero-order valence-corrected chi connectivity index (χ0v) is 15.0. The fraction of sp³-hybridized carbons (Fsp3) is 0.944. The number of rotatable bonds is 5. The first kappa shape index (κ1) is 17.0. The van der Waals surface area contributed by atoms with Crippen molar-refractivity contribution in [1.82, 2.24) is 10.2 Å². The van der Waals surface area contributed by atoms with Crippen LogP contribution >= 0.6 is 0 Å². The summed E-state index contributed by atoms with van der Waals surface area (Å²) in [5.74, 6) is 0.788. The topological polar surface area (TPSA) is 50.8 Å². The van der Waals surface area contributed by atoms with E-state index in [0.29, 0.717) is 24.2 Å². The molecule has 1 saturated carbocycles. The number of methoxy groups -OCH3 is 1. The molecule has 2 saturated heterocycles. The number of ether oxygens (including phenoxy) is 2. The normalized spacial score (nSPS) is 32.0. The SMILES string of the molecule is COCC(NC1CC2CCC(C1)N2C(=O)OC(C)(C)C)C1CC1. The molecule has 3 fully saturated rings. The summed E-state index contributed by atoms with van der Waals surface area (Å²) in [6, 6.07) is 1.66. The summed E-state index contributed by atoms with van der Waals surface area (Å²) < 4.78 is 11.0. The average molecular weight is 324 g/mol. The monoisotopic (exact) mass is 324 g/mol. The van der Waals surface area contributed by atoms with Crippen LogP contribution in [-0.4, -0.2) is 54.5 Å². The number of nitrogens with one attached hydrogen (secondary N) is 1. The lowest BCUT2D eigenvalue weighted by Crippen LogP contribution is -2.54. The summed E-state index contributed by atoms with van der Waals surface area (Å²) >= 11 is 0. The van der Waals surface area contributed by atoms with E-state index >= 15 is 0 Å². The molecule has 1 N–H and O–H groups in total. The Morgan fingerprint density at radius 3 is 2.26 bits per heavy atom. The summed E-state index contributed by atoms with van der Waals surface area (Å²) in [5, 5.41) is 3.82. The van der Waals surface area contributed by atoms with Crippen LogP contribution in [0, 0.1) is 5.92 Å². The van der Waals surface area contributed by atoms with Gasteiger partial charge in [-0.05, 0) is 65.2 Å². The highest BCUT2D eigenvalue weighted by atomic mass is 16.6. The van der Waals surface area contributed by atoms with E-state index < -0.39 is 5.60 Å². The molecule has 132 valence electrons. The summed E-state index contributed by atoms with van der Waals surface area (Å²) in [6.45, 7) is 6.61. The van der Waals surface area contributed by atoms with E-state index in [1.165, 1.54) is 12.8 Å². The molecule has 0 aromatic rings. The zero-order valence-electron chi connectivity index (χ0n) is 15.0. The molecule has 23 heavy (non-hydrogen) atoms. The van der Waals surface area contributed by atoms with Crippen molar-refractivity contribution in [2.24, 2.45) is 5.92 Å². The maximum Gasteiger partial charge on any atom is 0.410 e. The van der Waals surface area contributed by atoms with Gasteiger partial charge in [0.25, 0.3) is 0 Å². The van der Waals surface area contributed by atoms with Crippen molar-refractivity contribution in [3.05, 3.63) is 0 Å². The van der Waals surface area contributed by atoms with Gasteiger partial charge >= 0.3 is 6.09 Å². The van der Waals surface area contributed by atoms with Gasteiger partial charge in [-0.1, -0.05) is 0 Å².